The van der Waals surface area contributed by atoms with Gasteiger partial charge in [-0.25, -0.2) is 15.0 Å². The van der Waals surface area contributed by atoms with Gasteiger partial charge in [-0.05, 0) is 44.9 Å². The Morgan fingerprint density at radius 3 is 2.29 bits per heavy atom. The molecule has 1 unspecified atom stereocenters. The standard InChI is InChI=1S/C16H19N3O2/c1-9(16(20)21)8-13-11(3)18-15(19-12(13)4)14-7-5-6-10(2)17-14/h5-7,9H,8H2,1-4H3,(H,20,21). The van der Waals surface area contributed by atoms with Crippen LogP contribution >= 0.6 is 0 Å². The van der Waals surface area contributed by atoms with E-state index in [2.05, 4.69) is 15.0 Å². The lowest BCUT2D eigenvalue weighted by Crippen LogP contribution is -2.15. The van der Waals surface area contributed by atoms with Crippen LogP contribution < -0.4 is 0 Å². The predicted octanol–water partition coefficient (Wildman–Crippen LogP) is 2.73. The first-order chi connectivity index (χ1) is 9.88. The first-order valence-electron chi connectivity index (χ1n) is 6.89. The third-order valence-electron chi connectivity index (χ3n) is 3.47. The average molecular weight is 285 g/mol. The molecule has 0 amide bonds. The van der Waals surface area contributed by atoms with Gasteiger partial charge in [0.2, 0.25) is 0 Å². The molecule has 0 aromatic carbocycles. The molecule has 2 aromatic heterocycles. The summed E-state index contributed by atoms with van der Waals surface area (Å²) in [5.41, 5.74) is 4.18. The predicted molar refractivity (Wildman–Crippen MR) is 80.0 cm³/mol. The van der Waals surface area contributed by atoms with E-state index in [1.54, 1.807) is 6.92 Å². The van der Waals surface area contributed by atoms with Crippen molar-refractivity contribution in [2.75, 3.05) is 0 Å². The molecule has 110 valence electrons. The SMILES string of the molecule is Cc1cccc(-c2nc(C)c(CC(C)C(=O)O)c(C)n2)n1. The van der Waals surface area contributed by atoms with Crippen LogP contribution in [0.2, 0.25) is 0 Å². The van der Waals surface area contributed by atoms with E-state index in [-0.39, 0.29) is 0 Å². The Hall–Kier alpha value is -2.30. The van der Waals surface area contributed by atoms with Crippen molar-refractivity contribution in [3.8, 4) is 11.5 Å². The average Bonchev–Trinajstić information content (AvgIpc) is 2.42. The Balaban J connectivity index is 2.39. The van der Waals surface area contributed by atoms with Gasteiger partial charge in [-0.2, -0.15) is 0 Å². The van der Waals surface area contributed by atoms with Crippen LogP contribution in [0.5, 0.6) is 0 Å². The van der Waals surface area contributed by atoms with Crippen molar-refractivity contribution in [3.63, 3.8) is 0 Å². The molecule has 5 heteroatoms. The lowest BCUT2D eigenvalue weighted by atomic mass is 9.99. The van der Waals surface area contributed by atoms with Crippen LogP contribution in [0.3, 0.4) is 0 Å². The molecule has 0 saturated carbocycles. The molecule has 0 bridgehead atoms. The van der Waals surface area contributed by atoms with Gasteiger partial charge in [-0.3, -0.25) is 4.79 Å². The highest BCUT2D eigenvalue weighted by Gasteiger charge is 2.17. The molecule has 0 saturated heterocycles. The summed E-state index contributed by atoms with van der Waals surface area (Å²) in [5, 5.41) is 9.04. The van der Waals surface area contributed by atoms with E-state index in [1.165, 1.54) is 0 Å². The number of nitrogens with zero attached hydrogens (tertiary/aromatic N) is 3. The number of aromatic nitrogens is 3. The first-order valence-corrected chi connectivity index (χ1v) is 6.89. The minimum Gasteiger partial charge on any atom is -0.481 e. The van der Waals surface area contributed by atoms with Crippen LogP contribution in [0.4, 0.5) is 0 Å². The van der Waals surface area contributed by atoms with Crippen LogP contribution in [0.25, 0.3) is 11.5 Å². The maximum Gasteiger partial charge on any atom is 0.306 e. The molecule has 0 aliphatic carbocycles. The smallest absolute Gasteiger partial charge is 0.306 e. The van der Waals surface area contributed by atoms with Crippen molar-refractivity contribution < 1.29 is 9.90 Å². The van der Waals surface area contributed by atoms with Crippen molar-refractivity contribution in [2.45, 2.75) is 34.1 Å². The zero-order valence-electron chi connectivity index (χ0n) is 12.7. The van der Waals surface area contributed by atoms with Crippen LogP contribution in [0.1, 0.15) is 29.6 Å². The van der Waals surface area contributed by atoms with Crippen molar-refractivity contribution in [1.82, 2.24) is 15.0 Å². The van der Waals surface area contributed by atoms with E-state index in [1.807, 2.05) is 39.0 Å². The molecular weight excluding hydrogens is 266 g/mol. The Morgan fingerprint density at radius 1 is 1.14 bits per heavy atom. The third kappa shape index (κ3) is 3.42. The molecule has 5 nitrogen and oxygen atoms in total. The monoisotopic (exact) mass is 285 g/mol. The second-order valence-corrected chi connectivity index (χ2v) is 5.30. The maximum atomic E-state index is 11.0. The molecule has 2 aromatic rings. The van der Waals surface area contributed by atoms with Gasteiger partial charge in [-0.15, -0.1) is 0 Å². The number of hydrogen-bond acceptors (Lipinski definition) is 4. The molecule has 0 aliphatic heterocycles. The maximum absolute atomic E-state index is 11.0. The van der Waals surface area contributed by atoms with E-state index in [9.17, 15) is 4.79 Å². The lowest BCUT2D eigenvalue weighted by molar-refractivity contribution is -0.141. The number of carbonyl (C=O) groups is 1. The number of rotatable bonds is 4. The summed E-state index contributed by atoms with van der Waals surface area (Å²) in [6, 6.07) is 5.72. The van der Waals surface area contributed by atoms with Gasteiger partial charge < -0.3 is 5.11 Å². The van der Waals surface area contributed by atoms with Crippen molar-refractivity contribution in [3.05, 3.63) is 40.8 Å². The van der Waals surface area contributed by atoms with Gasteiger partial charge in [-0.1, -0.05) is 13.0 Å². The summed E-state index contributed by atoms with van der Waals surface area (Å²) in [5.74, 6) is -0.674. The van der Waals surface area contributed by atoms with Crippen molar-refractivity contribution in [2.24, 2.45) is 5.92 Å². The molecule has 0 fully saturated rings. The molecule has 1 atom stereocenters. The van der Waals surface area contributed by atoms with E-state index in [0.717, 1.165) is 28.3 Å². The molecule has 2 heterocycles. The summed E-state index contributed by atoms with van der Waals surface area (Å²) in [4.78, 5) is 24.4. The van der Waals surface area contributed by atoms with E-state index >= 15 is 0 Å². The lowest BCUT2D eigenvalue weighted by Gasteiger charge is -2.13. The quantitative estimate of drug-likeness (QED) is 0.934. The van der Waals surface area contributed by atoms with E-state index in [0.29, 0.717) is 12.2 Å². The number of aryl methyl sites for hydroxylation is 3. The zero-order chi connectivity index (χ0) is 15.6. The van der Waals surface area contributed by atoms with E-state index < -0.39 is 11.9 Å². The number of carboxylic acids is 1. The van der Waals surface area contributed by atoms with Crippen LogP contribution in [0.15, 0.2) is 18.2 Å². The second kappa shape index (κ2) is 5.99. The zero-order valence-corrected chi connectivity index (χ0v) is 12.7. The Labute approximate surface area is 124 Å². The van der Waals surface area contributed by atoms with Crippen LogP contribution in [-0.2, 0) is 11.2 Å². The summed E-state index contributed by atoms with van der Waals surface area (Å²) in [6.07, 6.45) is 0.439. The molecule has 21 heavy (non-hydrogen) atoms. The number of aliphatic carboxylic acids is 1. The fraction of sp³-hybridized carbons (Fsp3) is 0.375. The minimum absolute atomic E-state index is 0.439. The molecule has 1 N–H and O–H groups in total. The van der Waals surface area contributed by atoms with Crippen LogP contribution in [0, 0.1) is 26.7 Å². The molecule has 0 spiro atoms. The highest BCUT2D eigenvalue weighted by molar-refractivity contribution is 5.70. The van der Waals surface area contributed by atoms with Gasteiger partial charge in [0, 0.05) is 17.1 Å². The van der Waals surface area contributed by atoms with Gasteiger partial charge >= 0.3 is 5.97 Å². The molecule has 0 aliphatic rings. The van der Waals surface area contributed by atoms with Crippen LogP contribution in [-0.4, -0.2) is 26.0 Å². The Kier molecular flexibility index (Phi) is 4.31. The van der Waals surface area contributed by atoms with Gasteiger partial charge in [0.05, 0.1) is 5.92 Å². The highest BCUT2D eigenvalue weighted by Crippen LogP contribution is 2.20. The topological polar surface area (TPSA) is 76.0 Å². The molecular formula is C16H19N3O2. The van der Waals surface area contributed by atoms with Gasteiger partial charge in [0.15, 0.2) is 5.82 Å². The largest absolute Gasteiger partial charge is 0.481 e. The molecule has 2 rings (SSSR count). The number of carboxylic acid groups (broad SMARTS) is 1. The van der Waals surface area contributed by atoms with Crippen molar-refractivity contribution in [1.29, 1.82) is 0 Å². The Morgan fingerprint density at radius 2 is 1.76 bits per heavy atom. The summed E-state index contributed by atoms with van der Waals surface area (Å²) in [7, 11) is 0. The minimum atomic E-state index is -0.807. The van der Waals surface area contributed by atoms with Gasteiger partial charge in [0.1, 0.15) is 5.69 Å². The summed E-state index contributed by atoms with van der Waals surface area (Å²) >= 11 is 0. The highest BCUT2D eigenvalue weighted by atomic mass is 16.4. The fourth-order valence-electron chi connectivity index (χ4n) is 2.21. The number of hydrogen-bond donors (Lipinski definition) is 1. The molecule has 0 radical (unpaired) electrons. The summed E-state index contributed by atoms with van der Waals surface area (Å²) < 4.78 is 0. The normalized spacial score (nSPS) is 12.2. The number of pyridine rings is 1. The first kappa shape index (κ1) is 15.1. The van der Waals surface area contributed by atoms with Gasteiger partial charge in [0.25, 0.3) is 0 Å². The third-order valence-corrected chi connectivity index (χ3v) is 3.47. The Bertz CT molecular complexity index is 660. The van der Waals surface area contributed by atoms with Crippen molar-refractivity contribution >= 4 is 5.97 Å². The van der Waals surface area contributed by atoms with E-state index in [4.69, 9.17) is 5.11 Å². The fourth-order valence-corrected chi connectivity index (χ4v) is 2.21. The second-order valence-electron chi connectivity index (χ2n) is 5.30. The summed E-state index contributed by atoms with van der Waals surface area (Å²) in [6.45, 7) is 7.39.